The number of rotatable bonds is 1. The lowest BCUT2D eigenvalue weighted by molar-refractivity contribution is 1.38. The van der Waals surface area contributed by atoms with Crippen molar-refractivity contribution < 1.29 is 0 Å². The van der Waals surface area contributed by atoms with Crippen LogP contribution < -0.4 is 0 Å². The molecule has 1 heterocycles. The van der Waals surface area contributed by atoms with Crippen LogP contribution in [0.25, 0.3) is 6.08 Å². The van der Waals surface area contributed by atoms with E-state index in [4.69, 9.17) is 0 Å². The Morgan fingerprint density at radius 3 is 3.00 bits per heavy atom. The van der Waals surface area contributed by atoms with Crippen LogP contribution in [0, 0.1) is 0 Å². The molecule has 1 aromatic rings. The summed E-state index contributed by atoms with van der Waals surface area (Å²) in [5.74, 6) is 0. The van der Waals surface area contributed by atoms with Gasteiger partial charge in [0.15, 0.2) is 0 Å². The zero-order valence-electron chi connectivity index (χ0n) is 4.26. The molecule has 0 unspecified atom stereocenters. The lowest BCUT2D eigenvalue weighted by atomic mass is 10.4. The van der Waals surface area contributed by atoms with E-state index in [9.17, 15) is 0 Å². The van der Waals surface area contributed by atoms with Gasteiger partial charge in [-0.1, -0.05) is 15.9 Å². The van der Waals surface area contributed by atoms with E-state index in [0.29, 0.717) is 0 Å². The second-order valence-corrected chi connectivity index (χ2v) is 1.95. The summed E-state index contributed by atoms with van der Waals surface area (Å²) in [6, 6.07) is 3.96. The summed E-state index contributed by atoms with van der Waals surface area (Å²) in [7, 11) is 0. The second-order valence-electron chi connectivity index (χ2n) is 1.42. The maximum absolute atomic E-state index is 3.17. The van der Waals surface area contributed by atoms with Crippen molar-refractivity contribution in [2.24, 2.45) is 0 Å². The molecule has 0 aliphatic heterocycles. The Morgan fingerprint density at radius 1 is 1.62 bits per heavy atom. The van der Waals surface area contributed by atoms with Crippen LogP contribution >= 0.6 is 15.9 Å². The Morgan fingerprint density at radius 2 is 2.50 bits per heavy atom. The van der Waals surface area contributed by atoms with E-state index in [1.54, 1.807) is 0 Å². The van der Waals surface area contributed by atoms with E-state index in [2.05, 4.69) is 20.9 Å². The summed E-state index contributed by atoms with van der Waals surface area (Å²) in [5, 5.41) is 0. The van der Waals surface area contributed by atoms with Gasteiger partial charge in [0.05, 0.1) is 0 Å². The predicted molar refractivity (Wildman–Crippen MR) is 38.8 cm³/mol. The average Bonchev–Trinajstić information content (AvgIpc) is 2.19. The highest BCUT2D eigenvalue weighted by atomic mass is 79.9. The fourth-order valence-electron chi connectivity index (χ4n) is 0.516. The van der Waals surface area contributed by atoms with E-state index in [-0.39, 0.29) is 0 Å². The van der Waals surface area contributed by atoms with Crippen molar-refractivity contribution in [3.05, 3.63) is 29.0 Å². The van der Waals surface area contributed by atoms with Crippen molar-refractivity contribution in [2.45, 2.75) is 0 Å². The van der Waals surface area contributed by atoms with Gasteiger partial charge >= 0.3 is 0 Å². The molecule has 0 aliphatic rings. The first kappa shape index (κ1) is 5.63. The molecule has 42 valence electrons. The van der Waals surface area contributed by atoms with Crippen LogP contribution in [0.2, 0.25) is 0 Å². The predicted octanol–water partition coefficient (Wildman–Crippen LogP) is 2.38. The molecular formula is C6H6BrN. The molecule has 0 aliphatic carbocycles. The molecule has 1 rings (SSSR count). The van der Waals surface area contributed by atoms with Crippen LogP contribution in [-0.2, 0) is 0 Å². The number of nitrogens with one attached hydrogen (secondary N) is 1. The molecule has 0 bridgehead atoms. The molecule has 0 aromatic carbocycles. The Hall–Kier alpha value is -0.500. The topological polar surface area (TPSA) is 15.8 Å². The van der Waals surface area contributed by atoms with Crippen molar-refractivity contribution >= 4 is 22.0 Å². The summed E-state index contributed by atoms with van der Waals surface area (Å²) < 4.78 is 0. The van der Waals surface area contributed by atoms with Gasteiger partial charge in [-0.3, -0.25) is 0 Å². The van der Waals surface area contributed by atoms with Gasteiger partial charge in [0.2, 0.25) is 0 Å². The van der Waals surface area contributed by atoms with Crippen molar-refractivity contribution in [3.63, 3.8) is 0 Å². The maximum atomic E-state index is 3.17. The van der Waals surface area contributed by atoms with Crippen molar-refractivity contribution in [2.75, 3.05) is 0 Å². The van der Waals surface area contributed by atoms with Gasteiger partial charge in [0, 0.05) is 11.9 Å². The molecule has 2 heteroatoms. The van der Waals surface area contributed by atoms with Gasteiger partial charge in [-0.25, -0.2) is 0 Å². The average molecular weight is 172 g/mol. The molecule has 0 saturated heterocycles. The SMILES string of the molecule is Br/C=C/c1ccc[nH]1. The summed E-state index contributed by atoms with van der Waals surface area (Å²) in [5.41, 5.74) is 1.11. The quantitative estimate of drug-likeness (QED) is 0.669. The van der Waals surface area contributed by atoms with Crippen LogP contribution in [0.1, 0.15) is 5.69 Å². The number of halogens is 1. The number of hydrogen-bond donors (Lipinski definition) is 1. The fraction of sp³-hybridized carbons (Fsp3) is 0. The summed E-state index contributed by atoms with van der Waals surface area (Å²) in [6.45, 7) is 0. The molecule has 0 fully saturated rings. The number of hydrogen-bond acceptors (Lipinski definition) is 0. The van der Waals surface area contributed by atoms with E-state index < -0.39 is 0 Å². The minimum Gasteiger partial charge on any atom is -0.362 e. The summed E-state index contributed by atoms with van der Waals surface area (Å²) in [4.78, 5) is 4.84. The lowest BCUT2D eigenvalue weighted by Crippen LogP contribution is -1.62. The minimum absolute atomic E-state index is 1.11. The van der Waals surface area contributed by atoms with Crippen LogP contribution in [0.4, 0.5) is 0 Å². The number of H-pyrrole nitrogens is 1. The molecule has 1 N–H and O–H groups in total. The molecule has 0 radical (unpaired) electrons. The smallest absolute Gasteiger partial charge is 0.0385 e. The molecule has 1 nitrogen and oxygen atoms in total. The summed E-state index contributed by atoms with van der Waals surface area (Å²) in [6.07, 6.45) is 3.84. The van der Waals surface area contributed by atoms with Crippen LogP contribution in [0.15, 0.2) is 23.3 Å². The zero-order chi connectivity index (χ0) is 5.82. The highest BCUT2D eigenvalue weighted by Crippen LogP contribution is 1.98. The molecule has 0 amide bonds. The van der Waals surface area contributed by atoms with Crippen molar-refractivity contribution in [1.82, 2.24) is 4.98 Å². The van der Waals surface area contributed by atoms with E-state index in [1.807, 2.05) is 29.4 Å². The number of aromatic nitrogens is 1. The second kappa shape index (κ2) is 2.72. The third kappa shape index (κ3) is 1.23. The minimum atomic E-state index is 1.11. The van der Waals surface area contributed by atoms with Gasteiger partial charge in [0.1, 0.15) is 0 Å². The van der Waals surface area contributed by atoms with Crippen molar-refractivity contribution in [1.29, 1.82) is 0 Å². The highest BCUT2D eigenvalue weighted by molar-refractivity contribution is 9.11. The Labute approximate surface area is 56.5 Å². The first-order valence-electron chi connectivity index (χ1n) is 2.33. The first-order chi connectivity index (χ1) is 3.93. The standard InChI is InChI=1S/C6H6BrN/c7-4-3-6-2-1-5-8-6/h1-5,8H/b4-3+. The van der Waals surface area contributed by atoms with Gasteiger partial charge < -0.3 is 4.98 Å². The van der Waals surface area contributed by atoms with Gasteiger partial charge in [-0.05, 0) is 23.2 Å². The maximum Gasteiger partial charge on any atom is 0.0385 e. The summed E-state index contributed by atoms with van der Waals surface area (Å²) >= 11 is 3.17. The first-order valence-corrected chi connectivity index (χ1v) is 3.25. The molecule has 0 saturated carbocycles. The van der Waals surface area contributed by atoms with Crippen LogP contribution in [0.5, 0.6) is 0 Å². The van der Waals surface area contributed by atoms with E-state index in [0.717, 1.165) is 5.69 Å². The van der Waals surface area contributed by atoms with Crippen molar-refractivity contribution in [3.8, 4) is 0 Å². The molecule has 1 aromatic heterocycles. The van der Waals surface area contributed by atoms with Gasteiger partial charge in [0.25, 0.3) is 0 Å². The Balaban J connectivity index is 2.77. The lowest BCUT2D eigenvalue weighted by Gasteiger charge is -1.77. The third-order valence-electron chi connectivity index (χ3n) is 0.865. The number of aromatic amines is 1. The third-order valence-corrected chi connectivity index (χ3v) is 1.13. The highest BCUT2D eigenvalue weighted by Gasteiger charge is 1.78. The van der Waals surface area contributed by atoms with Gasteiger partial charge in [-0.2, -0.15) is 0 Å². The van der Waals surface area contributed by atoms with E-state index in [1.165, 1.54) is 0 Å². The van der Waals surface area contributed by atoms with Gasteiger partial charge in [-0.15, -0.1) is 0 Å². The normalized spacial score (nSPS) is 10.6. The molecular weight excluding hydrogens is 166 g/mol. The fourth-order valence-corrected chi connectivity index (χ4v) is 0.801. The monoisotopic (exact) mass is 171 g/mol. The Kier molecular flexibility index (Phi) is 1.92. The molecule has 8 heavy (non-hydrogen) atoms. The van der Waals surface area contributed by atoms with Crippen LogP contribution in [-0.4, -0.2) is 4.98 Å². The van der Waals surface area contributed by atoms with Crippen LogP contribution in [0.3, 0.4) is 0 Å². The Bertz CT molecular complexity index is 165. The van der Waals surface area contributed by atoms with E-state index >= 15 is 0 Å². The largest absolute Gasteiger partial charge is 0.362 e. The molecule has 0 spiro atoms. The molecule has 0 atom stereocenters. The zero-order valence-corrected chi connectivity index (χ0v) is 5.85.